The molecule has 2 aliphatic heterocycles. The molecule has 7 nitrogen and oxygen atoms in total. The van der Waals surface area contributed by atoms with Gasteiger partial charge in [-0.25, -0.2) is 0 Å². The summed E-state index contributed by atoms with van der Waals surface area (Å²) in [6, 6.07) is 1.99. The molecule has 2 aliphatic rings. The second kappa shape index (κ2) is 9.92. The quantitative estimate of drug-likeness (QED) is 0.617. The molecule has 0 bridgehead atoms. The van der Waals surface area contributed by atoms with Crippen molar-refractivity contribution in [3.05, 3.63) is 17.5 Å². The lowest BCUT2D eigenvalue weighted by Crippen LogP contribution is -2.47. The van der Waals surface area contributed by atoms with Crippen molar-refractivity contribution in [2.24, 2.45) is 4.99 Å². The highest BCUT2D eigenvalue weighted by Gasteiger charge is 2.23. The number of ether oxygens (including phenoxy) is 2. The van der Waals surface area contributed by atoms with Crippen molar-refractivity contribution in [1.82, 2.24) is 15.4 Å². The Hall–Kier alpha value is -1.60. The van der Waals surface area contributed by atoms with Gasteiger partial charge in [0.1, 0.15) is 0 Å². The predicted octanol–water partition coefficient (Wildman–Crippen LogP) is 2.36. The lowest BCUT2D eigenvalue weighted by molar-refractivity contribution is -0.0721. The van der Waals surface area contributed by atoms with E-state index in [1.807, 2.05) is 13.1 Å². The van der Waals surface area contributed by atoms with Crippen molar-refractivity contribution in [3.63, 3.8) is 0 Å². The summed E-state index contributed by atoms with van der Waals surface area (Å²) in [6.07, 6.45) is 7.15. The molecule has 3 heterocycles. The van der Waals surface area contributed by atoms with Gasteiger partial charge in [-0.1, -0.05) is 12.1 Å². The van der Waals surface area contributed by atoms with Crippen molar-refractivity contribution in [2.75, 3.05) is 33.4 Å². The van der Waals surface area contributed by atoms with Crippen molar-refractivity contribution in [3.8, 4) is 0 Å². The molecule has 1 aromatic rings. The van der Waals surface area contributed by atoms with Crippen LogP contribution in [0.5, 0.6) is 0 Å². The van der Waals surface area contributed by atoms with Gasteiger partial charge in [0.25, 0.3) is 0 Å². The minimum absolute atomic E-state index is 0.297. The first-order valence-corrected chi connectivity index (χ1v) is 9.91. The lowest BCUT2D eigenvalue weighted by Gasteiger charge is -2.34. The molecule has 7 heteroatoms. The van der Waals surface area contributed by atoms with Crippen LogP contribution in [0.15, 0.2) is 15.6 Å². The van der Waals surface area contributed by atoms with E-state index < -0.39 is 0 Å². The number of hydrogen-bond acceptors (Lipinski definition) is 5. The molecular formula is C19H32N4O3. The fraction of sp³-hybridized carbons (Fsp3) is 0.789. The zero-order chi connectivity index (χ0) is 18.2. The second-order valence-corrected chi connectivity index (χ2v) is 7.05. The topological polar surface area (TPSA) is 72.1 Å². The van der Waals surface area contributed by atoms with E-state index in [-0.39, 0.29) is 0 Å². The number of piperidine rings is 1. The summed E-state index contributed by atoms with van der Waals surface area (Å²) in [5, 5.41) is 7.40. The number of aromatic nitrogens is 1. The van der Waals surface area contributed by atoms with Crippen molar-refractivity contribution >= 4 is 5.96 Å². The molecule has 2 saturated heterocycles. The molecule has 1 atom stereocenters. The van der Waals surface area contributed by atoms with Gasteiger partial charge in [-0.05, 0) is 38.5 Å². The van der Waals surface area contributed by atoms with Crippen LogP contribution in [0.4, 0.5) is 0 Å². The van der Waals surface area contributed by atoms with Gasteiger partial charge in [0.2, 0.25) is 0 Å². The molecule has 3 rings (SSSR count). The van der Waals surface area contributed by atoms with Crippen molar-refractivity contribution in [2.45, 2.75) is 64.2 Å². The third-order valence-electron chi connectivity index (χ3n) is 5.14. The molecule has 2 fully saturated rings. The number of nitrogens with zero attached hydrogens (tertiary/aromatic N) is 3. The van der Waals surface area contributed by atoms with Crippen LogP contribution in [-0.4, -0.2) is 61.6 Å². The summed E-state index contributed by atoms with van der Waals surface area (Å²) >= 11 is 0. The number of aliphatic imine (C=N–C) groups is 1. The summed E-state index contributed by atoms with van der Waals surface area (Å²) in [6.45, 7) is 6.21. The number of aryl methyl sites for hydroxylation is 1. The maximum absolute atomic E-state index is 6.09. The van der Waals surface area contributed by atoms with Crippen LogP contribution in [0, 0.1) is 0 Å². The SMILES string of the molecule is CCc1cc(CNC(=NC)N2CCC(OCC3CCCCO3)CC2)on1. The Bertz CT molecular complexity index is 561. The molecule has 1 unspecified atom stereocenters. The molecule has 146 valence electrons. The Balaban J connectivity index is 1.38. The van der Waals surface area contributed by atoms with Gasteiger partial charge in [-0.3, -0.25) is 4.99 Å². The number of nitrogens with one attached hydrogen (secondary N) is 1. The monoisotopic (exact) mass is 364 g/mol. The molecule has 0 spiro atoms. The zero-order valence-electron chi connectivity index (χ0n) is 16.1. The van der Waals surface area contributed by atoms with E-state index >= 15 is 0 Å². The third-order valence-corrected chi connectivity index (χ3v) is 5.14. The third kappa shape index (κ3) is 5.45. The minimum atomic E-state index is 0.297. The molecule has 0 saturated carbocycles. The molecule has 0 radical (unpaired) electrons. The molecule has 1 N–H and O–H groups in total. The van der Waals surface area contributed by atoms with Gasteiger partial charge in [-0.15, -0.1) is 0 Å². The van der Waals surface area contributed by atoms with Crippen LogP contribution in [0.3, 0.4) is 0 Å². The van der Waals surface area contributed by atoms with Crippen molar-refractivity contribution in [1.29, 1.82) is 0 Å². The average molecular weight is 364 g/mol. The minimum Gasteiger partial charge on any atom is -0.376 e. The van der Waals surface area contributed by atoms with Crippen LogP contribution < -0.4 is 5.32 Å². The smallest absolute Gasteiger partial charge is 0.194 e. The van der Waals surface area contributed by atoms with E-state index in [2.05, 4.69) is 27.3 Å². The van der Waals surface area contributed by atoms with E-state index in [0.717, 1.165) is 69.4 Å². The van der Waals surface area contributed by atoms with E-state index in [4.69, 9.17) is 14.0 Å². The second-order valence-electron chi connectivity index (χ2n) is 7.05. The van der Waals surface area contributed by atoms with E-state index in [1.165, 1.54) is 12.8 Å². The predicted molar refractivity (Wildman–Crippen MR) is 100 cm³/mol. The molecule has 0 aliphatic carbocycles. The summed E-state index contributed by atoms with van der Waals surface area (Å²) in [4.78, 5) is 6.69. The van der Waals surface area contributed by atoms with Gasteiger partial charge in [0.05, 0.1) is 31.1 Å². The fourth-order valence-electron chi connectivity index (χ4n) is 3.52. The van der Waals surface area contributed by atoms with Gasteiger partial charge >= 0.3 is 0 Å². The largest absolute Gasteiger partial charge is 0.376 e. The highest BCUT2D eigenvalue weighted by Crippen LogP contribution is 2.18. The highest BCUT2D eigenvalue weighted by atomic mass is 16.5. The van der Waals surface area contributed by atoms with E-state index in [0.29, 0.717) is 18.8 Å². The molecule has 0 aromatic carbocycles. The maximum Gasteiger partial charge on any atom is 0.194 e. The summed E-state index contributed by atoms with van der Waals surface area (Å²) in [5.74, 6) is 1.75. The zero-order valence-corrected chi connectivity index (χ0v) is 16.1. The van der Waals surface area contributed by atoms with Gasteiger partial charge in [0.15, 0.2) is 11.7 Å². The van der Waals surface area contributed by atoms with E-state index in [1.54, 1.807) is 0 Å². The Morgan fingerprint density at radius 1 is 1.35 bits per heavy atom. The molecule has 26 heavy (non-hydrogen) atoms. The Morgan fingerprint density at radius 2 is 2.19 bits per heavy atom. The first kappa shape index (κ1) is 19.2. The number of guanidine groups is 1. The van der Waals surface area contributed by atoms with Crippen LogP contribution in [0.2, 0.25) is 0 Å². The standard InChI is InChI=1S/C19H32N4O3/c1-3-15-12-18(26-22-15)13-21-19(20-2)23-9-7-16(8-10-23)25-14-17-6-4-5-11-24-17/h12,16-17H,3-11,13-14H2,1-2H3,(H,20,21). The molecule has 0 amide bonds. The van der Waals surface area contributed by atoms with Gasteiger partial charge < -0.3 is 24.2 Å². The molecular weight excluding hydrogens is 332 g/mol. The van der Waals surface area contributed by atoms with Crippen LogP contribution in [-0.2, 0) is 22.4 Å². The summed E-state index contributed by atoms with van der Waals surface area (Å²) in [5.41, 5.74) is 0.983. The number of hydrogen-bond donors (Lipinski definition) is 1. The number of rotatable bonds is 6. The van der Waals surface area contributed by atoms with Gasteiger partial charge in [0, 0.05) is 32.8 Å². The number of likely N-dealkylation sites (tertiary alicyclic amines) is 1. The van der Waals surface area contributed by atoms with E-state index in [9.17, 15) is 0 Å². The van der Waals surface area contributed by atoms with Crippen LogP contribution in [0.25, 0.3) is 0 Å². The lowest BCUT2D eigenvalue weighted by atomic mass is 10.1. The normalized spacial score (nSPS) is 22.6. The summed E-state index contributed by atoms with van der Waals surface area (Å²) in [7, 11) is 1.82. The highest BCUT2D eigenvalue weighted by molar-refractivity contribution is 5.79. The van der Waals surface area contributed by atoms with Gasteiger partial charge in [-0.2, -0.15) is 0 Å². The Labute approximate surface area is 156 Å². The molecule has 1 aromatic heterocycles. The van der Waals surface area contributed by atoms with Crippen LogP contribution >= 0.6 is 0 Å². The van der Waals surface area contributed by atoms with Crippen molar-refractivity contribution < 1.29 is 14.0 Å². The van der Waals surface area contributed by atoms with Crippen LogP contribution in [0.1, 0.15) is 50.5 Å². The first-order valence-electron chi connectivity index (χ1n) is 9.91. The first-order chi connectivity index (χ1) is 12.8. The maximum atomic E-state index is 6.09. The Kier molecular flexibility index (Phi) is 7.32. The Morgan fingerprint density at radius 3 is 2.85 bits per heavy atom. The average Bonchev–Trinajstić information content (AvgIpc) is 3.17. The fourth-order valence-corrected chi connectivity index (χ4v) is 3.52. The summed E-state index contributed by atoms with van der Waals surface area (Å²) < 4.78 is 17.2.